The molecule has 9 nitrogen and oxygen atoms in total. The quantitative estimate of drug-likeness (QED) is 0.734. The van der Waals surface area contributed by atoms with Crippen LogP contribution in [0.25, 0.3) is 0 Å². The fourth-order valence-corrected chi connectivity index (χ4v) is 4.00. The van der Waals surface area contributed by atoms with Gasteiger partial charge in [-0.3, -0.25) is 4.79 Å². The standard InChI is InChI=1S/C21H25N5O4/c27-21(19-15-29-17-3-1-2-4-18(17)30-19)26-7-5-24(6-8-26)16-13-20(23-22-14-16)25-9-11-28-12-10-25/h1-4,13-14,19H,5-12,15H2. The first-order chi connectivity index (χ1) is 14.8. The van der Waals surface area contributed by atoms with E-state index in [0.29, 0.717) is 37.8 Å². The predicted molar refractivity (Wildman–Crippen MR) is 110 cm³/mol. The van der Waals surface area contributed by atoms with E-state index in [-0.39, 0.29) is 12.5 Å². The second-order valence-corrected chi connectivity index (χ2v) is 7.55. The van der Waals surface area contributed by atoms with E-state index in [0.717, 1.165) is 37.7 Å². The van der Waals surface area contributed by atoms with Gasteiger partial charge in [0, 0.05) is 45.3 Å². The highest BCUT2D eigenvalue weighted by atomic mass is 16.6. The summed E-state index contributed by atoms with van der Waals surface area (Å²) in [5, 5.41) is 8.47. The van der Waals surface area contributed by atoms with Crippen LogP contribution in [0.4, 0.5) is 11.5 Å². The number of fused-ring (bicyclic) bond motifs is 1. The molecule has 1 unspecified atom stereocenters. The minimum Gasteiger partial charge on any atom is -0.485 e. The van der Waals surface area contributed by atoms with Crippen LogP contribution in [0.3, 0.4) is 0 Å². The summed E-state index contributed by atoms with van der Waals surface area (Å²) in [6.45, 7) is 6.07. The molecular formula is C21H25N5O4. The lowest BCUT2D eigenvalue weighted by Gasteiger charge is -2.38. The highest BCUT2D eigenvalue weighted by molar-refractivity contribution is 5.82. The summed E-state index contributed by atoms with van der Waals surface area (Å²) >= 11 is 0. The molecule has 1 atom stereocenters. The number of morpholine rings is 1. The van der Waals surface area contributed by atoms with Gasteiger partial charge in [-0.2, -0.15) is 5.10 Å². The minimum atomic E-state index is -0.595. The normalized spacial score (nSPS) is 21.5. The third kappa shape index (κ3) is 3.85. The van der Waals surface area contributed by atoms with Gasteiger partial charge < -0.3 is 28.9 Å². The van der Waals surface area contributed by atoms with Crippen LogP contribution in [0.1, 0.15) is 0 Å². The Balaban J connectivity index is 1.19. The molecule has 0 bridgehead atoms. The number of carbonyl (C=O) groups excluding carboxylic acids is 1. The van der Waals surface area contributed by atoms with Crippen LogP contribution in [0.5, 0.6) is 11.5 Å². The molecule has 3 aliphatic heterocycles. The van der Waals surface area contributed by atoms with Crippen LogP contribution >= 0.6 is 0 Å². The molecule has 2 saturated heterocycles. The van der Waals surface area contributed by atoms with Crippen LogP contribution in [-0.4, -0.2) is 86.2 Å². The van der Waals surface area contributed by atoms with Gasteiger partial charge in [-0.05, 0) is 12.1 Å². The highest BCUT2D eigenvalue weighted by Gasteiger charge is 2.32. The Morgan fingerprint density at radius 2 is 1.73 bits per heavy atom. The van der Waals surface area contributed by atoms with Crippen molar-refractivity contribution < 1.29 is 19.0 Å². The van der Waals surface area contributed by atoms with E-state index < -0.39 is 6.10 Å². The van der Waals surface area contributed by atoms with Crippen LogP contribution in [0, 0.1) is 0 Å². The summed E-state index contributed by atoms with van der Waals surface area (Å²) in [4.78, 5) is 19.2. The molecule has 0 radical (unpaired) electrons. The smallest absolute Gasteiger partial charge is 0.267 e. The van der Waals surface area contributed by atoms with Gasteiger partial charge in [-0.25, -0.2) is 0 Å². The Morgan fingerprint density at radius 1 is 0.967 bits per heavy atom. The third-order valence-electron chi connectivity index (χ3n) is 5.70. The summed E-state index contributed by atoms with van der Waals surface area (Å²) < 4.78 is 17.0. The number of carbonyl (C=O) groups is 1. The number of amides is 1. The molecule has 1 amide bonds. The van der Waals surface area contributed by atoms with Crippen molar-refractivity contribution in [1.29, 1.82) is 0 Å². The molecule has 0 aliphatic carbocycles. The SMILES string of the molecule is O=C(C1COc2ccccc2O1)N1CCN(c2cnnc(N3CCOCC3)c2)CC1. The number of nitrogens with zero attached hydrogens (tertiary/aromatic N) is 5. The Kier molecular flexibility index (Phi) is 5.27. The lowest BCUT2D eigenvalue weighted by molar-refractivity contribution is -0.141. The zero-order valence-electron chi connectivity index (χ0n) is 16.8. The Hall–Kier alpha value is -3.07. The average molecular weight is 411 g/mol. The number of hydrogen-bond donors (Lipinski definition) is 0. The van der Waals surface area contributed by atoms with Gasteiger partial charge in [0.1, 0.15) is 6.61 Å². The number of hydrogen-bond acceptors (Lipinski definition) is 8. The number of anilines is 2. The summed E-state index contributed by atoms with van der Waals surface area (Å²) in [5.41, 5.74) is 1.03. The van der Waals surface area contributed by atoms with E-state index in [4.69, 9.17) is 14.2 Å². The van der Waals surface area contributed by atoms with E-state index in [1.54, 1.807) is 6.20 Å². The zero-order chi connectivity index (χ0) is 20.3. The number of piperazine rings is 1. The first kappa shape index (κ1) is 18.9. The van der Waals surface area contributed by atoms with Crippen LogP contribution < -0.4 is 19.3 Å². The number of rotatable bonds is 3. The molecule has 1 aromatic heterocycles. The lowest BCUT2D eigenvalue weighted by atomic mass is 10.2. The summed E-state index contributed by atoms with van der Waals surface area (Å²) in [5.74, 6) is 2.17. The highest BCUT2D eigenvalue weighted by Crippen LogP contribution is 2.31. The Morgan fingerprint density at radius 3 is 2.53 bits per heavy atom. The van der Waals surface area contributed by atoms with Crippen LogP contribution in [0.15, 0.2) is 36.5 Å². The predicted octanol–water partition coefficient (Wildman–Crippen LogP) is 0.802. The molecule has 2 fully saturated rings. The Bertz CT molecular complexity index is 896. The second kappa shape index (κ2) is 8.35. The van der Waals surface area contributed by atoms with Crippen LogP contribution in [0.2, 0.25) is 0 Å². The molecule has 1 aromatic carbocycles. The fourth-order valence-electron chi connectivity index (χ4n) is 4.00. The average Bonchev–Trinajstić information content (AvgIpc) is 2.84. The number of aromatic nitrogens is 2. The molecule has 3 aliphatic rings. The fraction of sp³-hybridized carbons (Fsp3) is 0.476. The number of para-hydroxylation sites is 2. The zero-order valence-corrected chi connectivity index (χ0v) is 16.8. The largest absolute Gasteiger partial charge is 0.485 e. The topological polar surface area (TPSA) is 80.3 Å². The van der Waals surface area contributed by atoms with Crippen molar-refractivity contribution in [3.63, 3.8) is 0 Å². The van der Waals surface area contributed by atoms with Crippen molar-refractivity contribution in [2.24, 2.45) is 0 Å². The maximum atomic E-state index is 12.9. The second-order valence-electron chi connectivity index (χ2n) is 7.55. The van der Waals surface area contributed by atoms with Gasteiger partial charge in [0.25, 0.3) is 5.91 Å². The molecule has 0 spiro atoms. The van der Waals surface area contributed by atoms with E-state index in [1.807, 2.05) is 29.2 Å². The minimum absolute atomic E-state index is 0.0222. The Labute approximate surface area is 175 Å². The molecule has 9 heteroatoms. The maximum Gasteiger partial charge on any atom is 0.267 e. The molecule has 158 valence electrons. The maximum absolute atomic E-state index is 12.9. The number of ether oxygens (including phenoxy) is 3. The molecule has 30 heavy (non-hydrogen) atoms. The molecule has 2 aromatic rings. The summed E-state index contributed by atoms with van der Waals surface area (Å²) in [6.07, 6.45) is 1.19. The van der Waals surface area contributed by atoms with Crippen molar-refractivity contribution in [1.82, 2.24) is 15.1 Å². The van der Waals surface area contributed by atoms with Gasteiger partial charge >= 0.3 is 0 Å². The molecule has 0 saturated carbocycles. The van der Waals surface area contributed by atoms with E-state index in [2.05, 4.69) is 26.1 Å². The van der Waals surface area contributed by atoms with Gasteiger partial charge in [-0.1, -0.05) is 12.1 Å². The van der Waals surface area contributed by atoms with Crippen molar-refractivity contribution in [2.75, 3.05) is 68.9 Å². The van der Waals surface area contributed by atoms with Crippen LogP contribution in [-0.2, 0) is 9.53 Å². The molecule has 5 rings (SSSR count). The molecule has 0 N–H and O–H groups in total. The molecular weight excluding hydrogens is 386 g/mol. The van der Waals surface area contributed by atoms with E-state index in [1.165, 1.54) is 0 Å². The summed E-state index contributed by atoms with van der Waals surface area (Å²) in [7, 11) is 0. The van der Waals surface area contributed by atoms with E-state index in [9.17, 15) is 4.79 Å². The van der Waals surface area contributed by atoms with E-state index >= 15 is 0 Å². The first-order valence-electron chi connectivity index (χ1n) is 10.4. The van der Waals surface area contributed by atoms with Crippen molar-refractivity contribution in [3.05, 3.63) is 36.5 Å². The first-order valence-corrected chi connectivity index (χ1v) is 10.4. The van der Waals surface area contributed by atoms with Crippen molar-refractivity contribution in [3.8, 4) is 11.5 Å². The number of benzene rings is 1. The summed E-state index contributed by atoms with van der Waals surface area (Å²) in [6, 6.07) is 9.52. The van der Waals surface area contributed by atoms with Gasteiger partial charge in [-0.15, -0.1) is 5.10 Å². The van der Waals surface area contributed by atoms with Gasteiger partial charge in [0.05, 0.1) is 25.1 Å². The molecule has 4 heterocycles. The van der Waals surface area contributed by atoms with Crippen molar-refractivity contribution in [2.45, 2.75) is 6.10 Å². The van der Waals surface area contributed by atoms with Crippen molar-refractivity contribution >= 4 is 17.4 Å². The monoisotopic (exact) mass is 411 g/mol. The van der Waals surface area contributed by atoms with Gasteiger partial charge in [0.2, 0.25) is 6.10 Å². The third-order valence-corrected chi connectivity index (χ3v) is 5.70. The lowest BCUT2D eigenvalue weighted by Crippen LogP contribution is -2.54. The van der Waals surface area contributed by atoms with Gasteiger partial charge in [0.15, 0.2) is 17.3 Å².